The molecule has 22 heavy (non-hydrogen) atoms. The summed E-state index contributed by atoms with van der Waals surface area (Å²) < 4.78 is 39.6. The van der Waals surface area contributed by atoms with Gasteiger partial charge in [-0.2, -0.15) is 4.39 Å². The van der Waals surface area contributed by atoms with Gasteiger partial charge in [0.1, 0.15) is 11.6 Å². The van der Waals surface area contributed by atoms with Crippen LogP contribution in [0, 0.1) is 12.0 Å². The predicted octanol–water partition coefficient (Wildman–Crippen LogP) is 5.75. The van der Waals surface area contributed by atoms with Gasteiger partial charge in [-0.1, -0.05) is 22.0 Å². The second-order valence-electron chi connectivity index (χ2n) is 5.00. The summed E-state index contributed by atoms with van der Waals surface area (Å²) >= 11 is 3.03. The fraction of sp³-hybridized carbons (Fsp3) is 0.235. The summed E-state index contributed by atoms with van der Waals surface area (Å²) in [5.74, 6) is -1.15. The van der Waals surface area contributed by atoms with Gasteiger partial charge in [0.15, 0.2) is 5.78 Å². The molecule has 0 saturated carbocycles. The van der Waals surface area contributed by atoms with Gasteiger partial charge in [0.25, 0.3) is 12.3 Å². The zero-order valence-corrected chi connectivity index (χ0v) is 13.3. The van der Waals surface area contributed by atoms with Crippen LogP contribution in [-0.4, -0.2) is 5.78 Å². The van der Waals surface area contributed by atoms with E-state index in [0.29, 0.717) is 5.57 Å². The molecule has 5 heteroatoms. The van der Waals surface area contributed by atoms with Crippen LogP contribution >= 0.6 is 15.9 Å². The molecule has 0 fully saturated rings. The van der Waals surface area contributed by atoms with Gasteiger partial charge in [0.2, 0.25) is 0 Å². The first-order valence-electron chi connectivity index (χ1n) is 6.67. The molecule has 0 amide bonds. The summed E-state index contributed by atoms with van der Waals surface area (Å²) in [5, 5.41) is 0. The summed E-state index contributed by atoms with van der Waals surface area (Å²) in [6.07, 6.45) is 4.51. The second kappa shape index (κ2) is 7.03. The van der Waals surface area contributed by atoms with E-state index in [9.17, 15) is 18.0 Å². The molecule has 0 radical (unpaired) electrons. The molecular weight excluding hydrogens is 357 g/mol. The molecule has 1 aromatic carbocycles. The topological polar surface area (TPSA) is 17.1 Å². The predicted molar refractivity (Wildman–Crippen MR) is 82.3 cm³/mol. The van der Waals surface area contributed by atoms with Crippen molar-refractivity contribution >= 4 is 21.7 Å². The van der Waals surface area contributed by atoms with Gasteiger partial charge < -0.3 is 0 Å². The number of hydrogen-bond acceptors (Lipinski definition) is 1. The van der Waals surface area contributed by atoms with Crippen molar-refractivity contribution in [2.75, 3.05) is 0 Å². The van der Waals surface area contributed by atoms with Crippen molar-refractivity contribution in [3.63, 3.8) is 0 Å². The lowest BCUT2D eigenvalue weighted by molar-refractivity contribution is 0.0969. The van der Waals surface area contributed by atoms with Crippen molar-refractivity contribution in [1.29, 1.82) is 0 Å². The van der Waals surface area contributed by atoms with Crippen LogP contribution in [0.25, 0.3) is 0 Å². The summed E-state index contributed by atoms with van der Waals surface area (Å²) in [7, 11) is 0. The summed E-state index contributed by atoms with van der Waals surface area (Å²) in [6.45, 7) is 1.72. The van der Waals surface area contributed by atoms with Gasteiger partial charge in [-0.25, -0.2) is 8.78 Å². The van der Waals surface area contributed by atoms with Gasteiger partial charge in [0, 0.05) is 34.0 Å². The molecule has 0 N–H and O–H groups in total. The number of alkyl halides is 2. The molecule has 1 nitrogen and oxygen atoms in total. The molecule has 1 aliphatic carbocycles. The van der Waals surface area contributed by atoms with Gasteiger partial charge in [-0.3, -0.25) is 4.79 Å². The number of rotatable bonds is 5. The van der Waals surface area contributed by atoms with Crippen LogP contribution < -0.4 is 0 Å². The first kappa shape index (κ1) is 16.7. The van der Waals surface area contributed by atoms with Crippen molar-refractivity contribution in [2.24, 2.45) is 5.92 Å². The summed E-state index contributed by atoms with van der Waals surface area (Å²) in [6, 6.07) is 4.09. The normalized spacial score (nSPS) is 15.2. The maximum absolute atomic E-state index is 13.6. The molecule has 1 aromatic rings. The molecule has 114 valence electrons. The van der Waals surface area contributed by atoms with Crippen LogP contribution in [0.15, 0.2) is 52.3 Å². The number of carbonyl (C=O) groups is 1. The van der Waals surface area contributed by atoms with E-state index < -0.39 is 12.3 Å². The van der Waals surface area contributed by atoms with E-state index in [0.717, 1.165) is 0 Å². The Kier molecular flexibility index (Phi) is 5.33. The van der Waals surface area contributed by atoms with Crippen LogP contribution in [-0.2, 0) is 0 Å². The summed E-state index contributed by atoms with van der Waals surface area (Å²) in [4.78, 5) is 12.2. The molecule has 1 atom stereocenters. The van der Waals surface area contributed by atoms with E-state index >= 15 is 0 Å². The SMILES string of the molecule is CC(CC(=O)c1ccc(Br)c(C(F)F)c1)C1=CC=C[C+]=C1F. The molecular formula is C17H13BrF3O+. The average molecular weight is 370 g/mol. The van der Waals surface area contributed by atoms with E-state index in [1.165, 1.54) is 24.3 Å². The Morgan fingerprint density at radius 2 is 2.09 bits per heavy atom. The third-order valence-electron chi connectivity index (χ3n) is 3.41. The second-order valence-corrected chi connectivity index (χ2v) is 5.86. The standard InChI is InChI=1S/C17H13BrF3O/c1-10(12-4-2-3-5-15(12)19)8-16(22)11-6-7-14(18)13(9-11)17(20)21/h2-4,6-7,9-10,17H,8H2,1H3/q+1. The highest BCUT2D eigenvalue weighted by molar-refractivity contribution is 9.10. The molecule has 0 aliphatic heterocycles. The molecule has 0 aromatic heterocycles. The van der Waals surface area contributed by atoms with Crippen LogP contribution in [0.1, 0.15) is 35.7 Å². The molecule has 0 saturated heterocycles. The smallest absolute Gasteiger partial charge is 0.288 e. The number of allylic oxidation sites excluding steroid dienone is 6. The Balaban J connectivity index is 2.16. The fourth-order valence-corrected chi connectivity index (χ4v) is 2.62. The highest BCUT2D eigenvalue weighted by Crippen LogP contribution is 2.30. The molecule has 1 aliphatic rings. The Morgan fingerprint density at radius 1 is 1.36 bits per heavy atom. The van der Waals surface area contributed by atoms with E-state index in [-0.39, 0.29) is 33.7 Å². The molecule has 1 unspecified atom stereocenters. The zero-order chi connectivity index (χ0) is 16.3. The number of carbonyl (C=O) groups excluding carboxylic acids is 1. The van der Waals surface area contributed by atoms with Crippen molar-refractivity contribution in [3.8, 4) is 0 Å². The van der Waals surface area contributed by atoms with Gasteiger partial charge in [0.05, 0.1) is 12.2 Å². The quantitative estimate of drug-likeness (QED) is 0.477. The minimum atomic E-state index is -2.67. The summed E-state index contributed by atoms with van der Waals surface area (Å²) in [5.41, 5.74) is 0.366. The van der Waals surface area contributed by atoms with Gasteiger partial charge in [-0.15, -0.1) is 0 Å². The first-order chi connectivity index (χ1) is 10.4. The minimum Gasteiger partial charge on any atom is -0.294 e. The fourth-order valence-electron chi connectivity index (χ4n) is 2.20. The van der Waals surface area contributed by atoms with E-state index in [4.69, 9.17) is 0 Å². The third-order valence-corrected chi connectivity index (χ3v) is 4.13. The highest BCUT2D eigenvalue weighted by atomic mass is 79.9. The Labute approximate surface area is 135 Å². The largest absolute Gasteiger partial charge is 0.294 e. The molecule has 2 rings (SSSR count). The van der Waals surface area contributed by atoms with Crippen molar-refractivity contribution < 1.29 is 18.0 Å². The highest BCUT2D eigenvalue weighted by Gasteiger charge is 2.25. The monoisotopic (exact) mass is 369 g/mol. The lowest BCUT2D eigenvalue weighted by Crippen LogP contribution is -2.10. The molecule has 0 bridgehead atoms. The molecule has 0 spiro atoms. The average Bonchev–Trinajstić information content (AvgIpc) is 2.47. The van der Waals surface area contributed by atoms with E-state index in [1.807, 2.05) is 0 Å². The van der Waals surface area contributed by atoms with Gasteiger partial charge in [-0.05, 0) is 19.1 Å². The maximum atomic E-state index is 13.6. The lowest BCUT2D eigenvalue weighted by Gasteiger charge is -2.10. The number of benzene rings is 1. The van der Waals surface area contributed by atoms with Crippen LogP contribution in [0.4, 0.5) is 13.2 Å². The van der Waals surface area contributed by atoms with E-state index in [2.05, 4.69) is 22.0 Å². The number of ketones is 1. The lowest BCUT2D eigenvalue weighted by atomic mass is 9.90. The maximum Gasteiger partial charge on any atom is 0.288 e. The molecule has 0 heterocycles. The number of halogens is 4. The Bertz CT molecular complexity index is 674. The zero-order valence-electron chi connectivity index (χ0n) is 11.7. The third kappa shape index (κ3) is 3.73. The van der Waals surface area contributed by atoms with Gasteiger partial charge >= 0.3 is 0 Å². The van der Waals surface area contributed by atoms with Crippen molar-refractivity contribution in [2.45, 2.75) is 19.8 Å². The first-order valence-corrected chi connectivity index (χ1v) is 7.46. The number of Topliss-reactive ketones (excluding diaryl/α,β-unsaturated/α-hetero) is 1. The Hall–Kier alpha value is -1.71. The van der Waals surface area contributed by atoms with Crippen LogP contribution in [0.3, 0.4) is 0 Å². The number of hydrogen-bond donors (Lipinski definition) is 0. The van der Waals surface area contributed by atoms with Crippen LogP contribution in [0.2, 0.25) is 0 Å². The van der Waals surface area contributed by atoms with Crippen molar-refractivity contribution in [1.82, 2.24) is 0 Å². The van der Waals surface area contributed by atoms with E-state index in [1.54, 1.807) is 19.1 Å². The van der Waals surface area contributed by atoms with Crippen molar-refractivity contribution in [3.05, 3.63) is 69.5 Å². The Morgan fingerprint density at radius 3 is 2.73 bits per heavy atom. The minimum absolute atomic E-state index is 0.0408. The van der Waals surface area contributed by atoms with Crippen LogP contribution in [0.5, 0.6) is 0 Å².